The summed E-state index contributed by atoms with van der Waals surface area (Å²) in [6.07, 6.45) is 11.7. The molecule has 8 heteroatoms. The highest BCUT2D eigenvalue weighted by atomic mass is 32.2. The number of aromatic amines is 1. The summed E-state index contributed by atoms with van der Waals surface area (Å²) < 4.78 is 27.5. The molecule has 2 aliphatic rings. The number of rotatable bonds is 6. The molecule has 3 aromatic rings. The minimum Gasteiger partial charge on any atom is -0.346 e. The van der Waals surface area contributed by atoms with Crippen LogP contribution in [0.15, 0.2) is 24.7 Å². The minimum absolute atomic E-state index is 0.239. The highest BCUT2D eigenvalue weighted by molar-refractivity contribution is 7.89. The van der Waals surface area contributed by atoms with Gasteiger partial charge in [0.05, 0.1) is 18.1 Å². The van der Waals surface area contributed by atoms with Gasteiger partial charge in [-0.05, 0) is 67.9 Å². The van der Waals surface area contributed by atoms with Gasteiger partial charge in [0.2, 0.25) is 10.0 Å². The molecule has 0 aliphatic heterocycles. The minimum atomic E-state index is -3.16. The maximum Gasteiger partial charge on any atom is 0.211 e. The van der Waals surface area contributed by atoms with Crippen molar-refractivity contribution in [1.29, 1.82) is 0 Å². The normalized spacial score (nSPS) is 23.4. The number of nitrogens with zero attached hydrogens (tertiary/aromatic N) is 3. The van der Waals surface area contributed by atoms with Crippen LogP contribution >= 0.6 is 0 Å². The van der Waals surface area contributed by atoms with Crippen LogP contribution in [0.4, 0.5) is 0 Å². The quantitative estimate of drug-likeness (QED) is 0.663. The van der Waals surface area contributed by atoms with Crippen molar-refractivity contribution in [3.63, 3.8) is 0 Å². The smallest absolute Gasteiger partial charge is 0.211 e. The van der Waals surface area contributed by atoms with Gasteiger partial charge in [-0.25, -0.2) is 18.1 Å². The molecule has 2 aliphatic carbocycles. The van der Waals surface area contributed by atoms with E-state index in [1.807, 2.05) is 18.5 Å². The van der Waals surface area contributed by atoms with Gasteiger partial charge in [-0.1, -0.05) is 0 Å². The first-order chi connectivity index (χ1) is 13.6. The van der Waals surface area contributed by atoms with Gasteiger partial charge in [0.1, 0.15) is 11.2 Å². The molecule has 0 amide bonds. The van der Waals surface area contributed by atoms with Crippen LogP contribution in [0, 0.1) is 11.8 Å². The lowest BCUT2D eigenvalue weighted by molar-refractivity contribution is 0.348. The molecule has 0 saturated heterocycles. The Morgan fingerprint density at radius 3 is 2.64 bits per heavy atom. The fourth-order valence-corrected chi connectivity index (χ4v) is 6.04. The maximum absolute atomic E-state index is 12.3. The van der Waals surface area contributed by atoms with Gasteiger partial charge in [0.25, 0.3) is 0 Å². The van der Waals surface area contributed by atoms with Gasteiger partial charge >= 0.3 is 0 Å². The van der Waals surface area contributed by atoms with Crippen LogP contribution < -0.4 is 4.72 Å². The van der Waals surface area contributed by atoms with E-state index < -0.39 is 10.0 Å². The Morgan fingerprint density at radius 1 is 1.07 bits per heavy atom. The van der Waals surface area contributed by atoms with E-state index in [-0.39, 0.29) is 11.7 Å². The first-order valence-corrected chi connectivity index (χ1v) is 11.8. The van der Waals surface area contributed by atoms with Crippen molar-refractivity contribution in [3.8, 4) is 0 Å². The monoisotopic (exact) mass is 399 g/mol. The van der Waals surface area contributed by atoms with E-state index in [4.69, 9.17) is 0 Å². The van der Waals surface area contributed by atoms with Crippen LogP contribution in [0.25, 0.3) is 21.9 Å². The lowest BCUT2D eigenvalue weighted by Crippen LogP contribution is -2.32. The second-order valence-electron chi connectivity index (χ2n) is 8.35. The number of pyridine rings is 1. The summed E-state index contributed by atoms with van der Waals surface area (Å²) in [5.74, 6) is 1.45. The molecule has 3 heterocycles. The van der Waals surface area contributed by atoms with Crippen molar-refractivity contribution in [2.24, 2.45) is 11.8 Å². The number of fused-ring (bicyclic) bond motifs is 3. The van der Waals surface area contributed by atoms with Crippen molar-refractivity contribution in [3.05, 3.63) is 30.2 Å². The van der Waals surface area contributed by atoms with Gasteiger partial charge in [-0.3, -0.25) is 0 Å². The largest absolute Gasteiger partial charge is 0.346 e. The molecule has 3 aromatic heterocycles. The predicted octanol–water partition coefficient (Wildman–Crippen LogP) is 3.11. The standard InChI is InChI=1S/C20H25N5O2S/c26-28(27,24-9-13-1-2-13)12-14-3-5-15(6-4-14)17-10-23-25-18-11-22-20-16(19(17)18)7-8-21-20/h7-8,10-11,13-15,24H,1-6,9,12H2,(H,21,22). The average molecular weight is 400 g/mol. The third-order valence-corrected chi connectivity index (χ3v) is 7.76. The van der Waals surface area contributed by atoms with Crippen LogP contribution in [0.1, 0.15) is 50.0 Å². The van der Waals surface area contributed by atoms with Crippen LogP contribution in [-0.4, -0.2) is 40.9 Å². The lowest BCUT2D eigenvalue weighted by atomic mass is 9.79. The number of hydrogen-bond donors (Lipinski definition) is 2. The summed E-state index contributed by atoms with van der Waals surface area (Å²) in [5.41, 5.74) is 2.90. The van der Waals surface area contributed by atoms with Crippen molar-refractivity contribution in [2.45, 2.75) is 44.4 Å². The third kappa shape index (κ3) is 3.63. The molecule has 0 radical (unpaired) electrons. The molecule has 148 valence electrons. The predicted molar refractivity (Wildman–Crippen MR) is 108 cm³/mol. The maximum atomic E-state index is 12.3. The zero-order chi connectivity index (χ0) is 19.1. The van der Waals surface area contributed by atoms with E-state index in [2.05, 4.69) is 24.9 Å². The summed E-state index contributed by atoms with van der Waals surface area (Å²) >= 11 is 0. The molecule has 2 N–H and O–H groups in total. The fourth-order valence-electron chi connectivity index (χ4n) is 4.48. The van der Waals surface area contributed by atoms with Crippen molar-refractivity contribution in [1.82, 2.24) is 24.9 Å². The van der Waals surface area contributed by atoms with Crippen LogP contribution in [-0.2, 0) is 10.0 Å². The lowest BCUT2D eigenvalue weighted by Gasteiger charge is -2.29. The fraction of sp³-hybridized carbons (Fsp3) is 0.550. The molecule has 0 spiro atoms. The van der Waals surface area contributed by atoms with Crippen molar-refractivity contribution < 1.29 is 8.42 Å². The van der Waals surface area contributed by atoms with Crippen molar-refractivity contribution in [2.75, 3.05) is 12.3 Å². The molecular formula is C20H25N5O2S. The highest BCUT2D eigenvalue weighted by Crippen LogP contribution is 2.39. The Labute approximate surface area is 164 Å². The molecule has 0 atom stereocenters. The third-order valence-electron chi connectivity index (χ3n) is 6.25. The Hall–Kier alpha value is -2.06. The van der Waals surface area contributed by atoms with Gasteiger partial charge in [0, 0.05) is 23.5 Å². The molecule has 2 saturated carbocycles. The van der Waals surface area contributed by atoms with Crippen LogP contribution in [0.3, 0.4) is 0 Å². The zero-order valence-corrected chi connectivity index (χ0v) is 16.6. The van der Waals surface area contributed by atoms with Gasteiger partial charge in [0.15, 0.2) is 0 Å². The second kappa shape index (κ2) is 7.08. The van der Waals surface area contributed by atoms with E-state index in [0.717, 1.165) is 60.5 Å². The van der Waals surface area contributed by atoms with Crippen LogP contribution in [0.5, 0.6) is 0 Å². The molecule has 7 nitrogen and oxygen atoms in total. The number of nitrogens with one attached hydrogen (secondary N) is 2. The van der Waals surface area contributed by atoms with E-state index in [1.54, 1.807) is 6.20 Å². The van der Waals surface area contributed by atoms with Gasteiger partial charge in [-0.15, -0.1) is 5.10 Å². The summed E-state index contributed by atoms with van der Waals surface area (Å²) in [7, 11) is -3.16. The Bertz CT molecular complexity index is 1100. The molecule has 0 aromatic carbocycles. The molecule has 28 heavy (non-hydrogen) atoms. The summed E-state index contributed by atoms with van der Waals surface area (Å²) in [6, 6.07) is 2.04. The second-order valence-corrected chi connectivity index (χ2v) is 10.2. The van der Waals surface area contributed by atoms with E-state index >= 15 is 0 Å². The molecule has 0 bridgehead atoms. The zero-order valence-electron chi connectivity index (χ0n) is 15.8. The van der Waals surface area contributed by atoms with E-state index in [9.17, 15) is 8.42 Å². The Morgan fingerprint density at radius 2 is 1.86 bits per heavy atom. The summed E-state index contributed by atoms with van der Waals surface area (Å²) in [5, 5.41) is 10.7. The number of aromatic nitrogens is 4. The van der Waals surface area contributed by atoms with E-state index in [0.29, 0.717) is 18.4 Å². The van der Waals surface area contributed by atoms with Gasteiger partial charge < -0.3 is 4.98 Å². The number of sulfonamides is 1. The number of hydrogen-bond acceptors (Lipinski definition) is 5. The highest BCUT2D eigenvalue weighted by Gasteiger charge is 2.29. The Kier molecular flexibility index (Phi) is 4.55. The SMILES string of the molecule is O=S(=O)(CC1CCC(c2cnnc3cnc4[nH]ccc4c23)CC1)NCC1CC1. The van der Waals surface area contributed by atoms with Crippen molar-refractivity contribution >= 4 is 32.0 Å². The molecule has 0 unspecified atom stereocenters. The number of H-pyrrole nitrogens is 1. The first kappa shape index (κ1) is 18.0. The Balaban J connectivity index is 1.31. The molecule has 5 rings (SSSR count). The van der Waals surface area contributed by atoms with Crippen LogP contribution in [0.2, 0.25) is 0 Å². The van der Waals surface area contributed by atoms with Gasteiger partial charge in [-0.2, -0.15) is 5.10 Å². The van der Waals surface area contributed by atoms with E-state index in [1.165, 1.54) is 5.56 Å². The topological polar surface area (TPSA) is 101 Å². The first-order valence-electron chi connectivity index (χ1n) is 10.1. The average Bonchev–Trinajstić information content (AvgIpc) is 3.41. The molecular weight excluding hydrogens is 374 g/mol. The summed E-state index contributed by atoms with van der Waals surface area (Å²) in [6.45, 7) is 0.618. The summed E-state index contributed by atoms with van der Waals surface area (Å²) in [4.78, 5) is 7.58. The molecule has 2 fully saturated rings.